The predicted octanol–water partition coefficient (Wildman–Crippen LogP) is 3.56. The van der Waals surface area contributed by atoms with Gasteiger partial charge in [0.05, 0.1) is 0 Å². The molecule has 0 fully saturated rings. The quantitative estimate of drug-likeness (QED) is 0.465. The van der Waals surface area contributed by atoms with E-state index in [0.717, 1.165) is 5.57 Å². The molecule has 0 aromatic carbocycles. The van der Waals surface area contributed by atoms with Crippen LogP contribution in [0.5, 0.6) is 0 Å². The van der Waals surface area contributed by atoms with E-state index in [2.05, 4.69) is 38.5 Å². The van der Waals surface area contributed by atoms with E-state index in [0.29, 0.717) is 5.92 Å². The van der Waals surface area contributed by atoms with E-state index in [1.54, 1.807) is 6.08 Å². The fourth-order valence-electron chi connectivity index (χ4n) is 2.29. The van der Waals surface area contributed by atoms with Crippen molar-refractivity contribution in [2.45, 2.75) is 13.8 Å². The van der Waals surface area contributed by atoms with Crippen molar-refractivity contribution in [2.75, 3.05) is 0 Å². The van der Waals surface area contributed by atoms with Crippen LogP contribution < -0.4 is 0 Å². The van der Waals surface area contributed by atoms with Gasteiger partial charge in [-0.05, 0) is 29.2 Å². The van der Waals surface area contributed by atoms with Crippen LogP contribution >= 0.6 is 0 Å². The van der Waals surface area contributed by atoms with Gasteiger partial charge in [-0.3, -0.25) is 0 Å². The van der Waals surface area contributed by atoms with Crippen LogP contribution in [0.4, 0.5) is 0 Å². The van der Waals surface area contributed by atoms with Crippen molar-refractivity contribution >= 4 is 0 Å². The van der Waals surface area contributed by atoms with Gasteiger partial charge in [-0.2, -0.15) is 0 Å². The second-order valence-corrected chi connectivity index (χ2v) is 3.89. The predicted molar refractivity (Wildman–Crippen MR) is 65.1 cm³/mol. The second kappa shape index (κ2) is 3.14. The first-order chi connectivity index (χ1) is 7.13. The van der Waals surface area contributed by atoms with Crippen molar-refractivity contribution in [3.63, 3.8) is 0 Å². The monoisotopic (exact) mass is 194 g/mol. The smallest absolute Gasteiger partial charge is 0.0371 e. The average molecular weight is 194 g/mol. The number of allylic oxidation sites excluding steroid dienone is 7. The van der Waals surface area contributed by atoms with E-state index in [1.165, 1.54) is 27.9 Å². The lowest BCUT2D eigenvalue weighted by Crippen LogP contribution is -2.05. The lowest BCUT2D eigenvalue weighted by Gasteiger charge is -2.20. The average Bonchev–Trinajstić information content (AvgIpc) is 2.59. The molecule has 3 aliphatic rings. The first kappa shape index (κ1) is 9.80. The Labute approximate surface area is 91.4 Å². The molecular formula is C15H14. The minimum Gasteiger partial charge on any atom is -0.101 e. The highest BCUT2D eigenvalue weighted by molar-refractivity contribution is 5.85. The third-order valence-electron chi connectivity index (χ3n) is 3.13. The Morgan fingerprint density at radius 1 is 1.47 bits per heavy atom. The fourth-order valence-corrected chi connectivity index (χ4v) is 2.29. The Bertz CT molecular complexity index is 510. The molecule has 74 valence electrons. The molecule has 0 aliphatic heterocycles. The Morgan fingerprint density at radius 2 is 2.13 bits per heavy atom. The van der Waals surface area contributed by atoms with Gasteiger partial charge in [0.1, 0.15) is 0 Å². The maximum Gasteiger partial charge on any atom is 0.0371 e. The normalized spacial score (nSPS) is 22.3. The molecule has 0 saturated heterocycles. The molecule has 0 radical (unpaired) electrons. The topological polar surface area (TPSA) is 0 Å². The third kappa shape index (κ3) is 1.04. The molecular weight excluding hydrogens is 180 g/mol. The van der Waals surface area contributed by atoms with Gasteiger partial charge in [0.15, 0.2) is 0 Å². The maximum absolute atomic E-state index is 4.11. The second-order valence-electron chi connectivity index (χ2n) is 3.89. The molecule has 0 aromatic heterocycles. The molecule has 0 spiro atoms. The molecule has 0 heteroatoms. The molecule has 1 unspecified atom stereocenters. The summed E-state index contributed by atoms with van der Waals surface area (Å²) >= 11 is 0. The zero-order valence-electron chi connectivity index (χ0n) is 9.28. The van der Waals surface area contributed by atoms with Gasteiger partial charge >= 0.3 is 0 Å². The molecule has 1 atom stereocenters. The van der Waals surface area contributed by atoms with Crippen LogP contribution in [-0.4, -0.2) is 0 Å². The van der Waals surface area contributed by atoms with Crippen molar-refractivity contribution in [1.82, 2.24) is 0 Å². The van der Waals surface area contributed by atoms with Gasteiger partial charge < -0.3 is 0 Å². The van der Waals surface area contributed by atoms with Crippen molar-refractivity contribution in [3.8, 4) is 11.8 Å². The van der Waals surface area contributed by atoms with Gasteiger partial charge in [0.25, 0.3) is 0 Å². The lowest BCUT2D eigenvalue weighted by molar-refractivity contribution is 0.888. The lowest BCUT2D eigenvalue weighted by atomic mass is 9.82. The minimum absolute atomic E-state index is 0.405. The van der Waals surface area contributed by atoms with E-state index in [4.69, 9.17) is 0 Å². The summed E-state index contributed by atoms with van der Waals surface area (Å²) in [6.07, 6.45) is 1.80. The number of rotatable bonds is 2. The van der Waals surface area contributed by atoms with Crippen molar-refractivity contribution < 1.29 is 0 Å². The molecule has 2 bridgehead atoms. The van der Waals surface area contributed by atoms with Crippen molar-refractivity contribution in [2.24, 2.45) is 5.92 Å². The van der Waals surface area contributed by atoms with Crippen molar-refractivity contribution in [1.29, 1.82) is 0 Å². The molecule has 0 amide bonds. The van der Waals surface area contributed by atoms with E-state index >= 15 is 0 Å². The summed E-state index contributed by atoms with van der Waals surface area (Å²) in [6.45, 7) is 15.9. The highest BCUT2D eigenvalue weighted by Crippen LogP contribution is 2.56. The van der Waals surface area contributed by atoms with Gasteiger partial charge in [-0.15, -0.1) is 5.92 Å². The number of hydrogen-bond donors (Lipinski definition) is 0. The van der Waals surface area contributed by atoms with Crippen LogP contribution in [0.1, 0.15) is 13.8 Å². The highest BCUT2D eigenvalue weighted by Gasteiger charge is 2.42. The van der Waals surface area contributed by atoms with Crippen LogP contribution in [0.3, 0.4) is 0 Å². The van der Waals surface area contributed by atoms with Gasteiger partial charge in [-0.1, -0.05) is 38.7 Å². The molecule has 3 rings (SSSR count). The zero-order chi connectivity index (χ0) is 11.2. The summed E-state index contributed by atoms with van der Waals surface area (Å²) in [4.78, 5) is 0. The number of hydrogen-bond acceptors (Lipinski definition) is 0. The zero-order valence-corrected chi connectivity index (χ0v) is 9.28. The Kier molecular flexibility index (Phi) is 2.05. The SMILES string of the molecule is C=CC(=C)C1=C2C(C#CC)=C1C(=C)C2C. The molecule has 0 aromatic rings. The molecule has 0 heterocycles. The van der Waals surface area contributed by atoms with Crippen LogP contribution in [-0.2, 0) is 0 Å². The summed E-state index contributed by atoms with van der Waals surface area (Å²) in [5.74, 6) is 6.50. The van der Waals surface area contributed by atoms with Crippen LogP contribution in [0, 0.1) is 17.8 Å². The highest BCUT2D eigenvalue weighted by atomic mass is 14.4. The summed E-state index contributed by atoms with van der Waals surface area (Å²) in [5.41, 5.74) is 7.12. The standard InChI is InChI=1S/C15H14/c1-6-8-12-14-10(4)11(5)15(12)13(14)9(3)7-2/h7,11H,2-4H2,1,5H3. The van der Waals surface area contributed by atoms with E-state index in [1.807, 2.05) is 6.92 Å². The minimum atomic E-state index is 0.405. The Morgan fingerprint density at radius 3 is 2.53 bits per heavy atom. The van der Waals surface area contributed by atoms with E-state index < -0.39 is 0 Å². The largest absolute Gasteiger partial charge is 0.101 e. The third-order valence-corrected chi connectivity index (χ3v) is 3.13. The molecule has 15 heavy (non-hydrogen) atoms. The van der Waals surface area contributed by atoms with E-state index in [9.17, 15) is 0 Å². The van der Waals surface area contributed by atoms with Crippen LogP contribution in [0.2, 0.25) is 0 Å². The molecule has 0 N–H and O–H groups in total. The Hall–Kier alpha value is -1.74. The fraction of sp³-hybridized carbons (Fsp3) is 0.200. The van der Waals surface area contributed by atoms with E-state index in [-0.39, 0.29) is 0 Å². The first-order valence-corrected chi connectivity index (χ1v) is 5.06. The number of fused-ring (bicyclic) bond motifs is 1. The first-order valence-electron chi connectivity index (χ1n) is 5.06. The summed E-state index contributed by atoms with van der Waals surface area (Å²) in [6, 6.07) is 0. The maximum atomic E-state index is 4.11. The van der Waals surface area contributed by atoms with Gasteiger partial charge in [0, 0.05) is 17.1 Å². The van der Waals surface area contributed by atoms with Gasteiger partial charge in [-0.25, -0.2) is 0 Å². The summed E-state index contributed by atoms with van der Waals surface area (Å²) < 4.78 is 0. The Balaban J connectivity index is 2.51. The van der Waals surface area contributed by atoms with Gasteiger partial charge in [0.2, 0.25) is 0 Å². The van der Waals surface area contributed by atoms with Crippen molar-refractivity contribution in [3.05, 3.63) is 59.3 Å². The summed E-state index contributed by atoms with van der Waals surface area (Å²) in [5, 5.41) is 0. The molecule has 0 nitrogen and oxygen atoms in total. The molecule has 0 saturated carbocycles. The molecule has 3 aliphatic carbocycles. The van der Waals surface area contributed by atoms with Crippen LogP contribution in [0.15, 0.2) is 59.3 Å². The summed E-state index contributed by atoms with van der Waals surface area (Å²) in [7, 11) is 0. The van der Waals surface area contributed by atoms with Crippen LogP contribution in [0.25, 0.3) is 0 Å².